The molecule has 0 spiro atoms. The highest BCUT2D eigenvalue weighted by Crippen LogP contribution is 2.35. The number of hydrogen-bond acceptors (Lipinski definition) is 8. The normalized spacial score (nSPS) is 13.6. The van der Waals surface area contributed by atoms with Gasteiger partial charge in [-0.1, -0.05) is 17.7 Å². The summed E-state index contributed by atoms with van der Waals surface area (Å²) >= 11 is 5.90. The predicted octanol–water partition coefficient (Wildman–Crippen LogP) is 4.96. The Morgan fingerprint density at radius 2 is 1.88 bits per heavy atom. The maximum absolute atomic E-state index is 13.1. The summed E-state index contributed by atoms with van der Waals surface area (Å²) in [6, 6.07) is 12.3. The Morgan fingerprint density at radius 3 is 2.57 bits per heavy atom. The molecule has 12 heteroatoms. The van der Waals surface area contributed by atoms with E-state index in [9.17, 15) is 19.2 Å². The van der Waals surface area contributed by atoms with E-state index in [1.807, 2.05) is 0 Å². The van der Waals surface area contributed by atoms with Crippen LogP contribution in [-0.2, 0) is 27.3 Å². The molecule has 0 aliphatic carbocycles. The van der Waals surface area contributed by atoms with Crippen LogP contribution >= 0.6 is 11.6 Å². The summed E-state index contributed by atoms with van der Waals surface area (Å²) in [4.78, 5) is 50.8. The number of methoxy groups -OCH3 is 1. The molecule has 3 aromatic rings. The summed E-state index contributed by atoms with van der Waals surface area (Å²) in [5.74, 6) is -0.750. The standard InChI is InChI=1S/C30H28ClN3O8/c1-4-6-19-13-18(14-23-28(36)34(30(38)33-23)16-22-11-12-24(42-22)29(37)39-3)15-25(40-5-2)27(19)41-17-26(35)32-21-9-7-20(31)8-10-21/h4,7-15H,1,5-6,16-17H2,2-3H3,(H,32,35)(H,33,38)/b23-14-. The molecule has 0 saturated carbocycles. The molecule has 4 rings (SSSR count). The van der Waals surface area contributed by atoms with Crippen molar-refractivity contribution in [1.82, 2.24) is 10.2 Å². The number of carbonyl (C=O) groups is 4. The van der Waals surface area contributed by atoms with Gasteiger partial charge in [-0.3, -0.25) is 14.5 Å². The molecule has 11 nitrogen and oxygen atoms in total. The van der Waals surface area contributed by atoms with Crippen LogP contribution in [0.15, 0.2) is 71.3 Å². The van der Waals surface area contributed by atoms with Gasteiger partial charge in [0.15, 0.2) is 18.1 Å². The third-order valence-corrected chi connectivity index (χ3v) is 6.18. The summed E-state index contributed by atoms with van der Waals surface area (Å²) < 4.78 is 21.7. The Hall–Kier alpha value is -5.03. The van der Waals surface area contributed by atoms with Crippen molar-refractivity contribution >= 4 is 47.2 Å². The summed E-state index contributed by atoms with van der Waals surface area (Å²) in [6.45, 7) is 5.43. The van der Waals surface area contributed by atoms with Gasteiger partial charge < -0.3 is 29.3 Å². The first-order chi connectivity index (χ1) is 20.2. The van der Waals surface area contributed by atoms with Crippen LogP contribution in [0.2, 0.25) is 5.02 Å². The Morgan fingerprint density at radius 1 is 1.12 bits per heavy atom. The average molecular weight is 594 g/mol. The minimum Gasteiger partial charge on any atom is -0.490 e. The van der Waals surface area contributed by atoms with E-state index in [4.69, 9.17) is 25.5 Å². The zero-order valence-corrected chi connectivity index (χ0v) is 23.7. The fraction of sp³-hybridized carbons (Fsp3) is 0.200. The highest BCUT2D eigenvalue weighted by Gasteiger charge is 2.34. The third-order valence-electron chi connectivity index (χ3n) is 5.93. The Kier molecular flexibility index (Phi) is 9.66. The number of imide groups is 1. The molecule has 0 atom stereocenters. The second-order valence-electron chi connectivity index (χ2n) is 8.91. The maximum atomic E-state index is 13.1. The number of halogens is 1. The van der Waals surface area contributed by atoms with Gasteiger partial charge in [-0.15, -0.1) is 6.58 Å². The van der Waals surface area contributed by atoms with E-state index >= 15 is 0 Å². The lowest BCUT2D eigenvalue weighted by atomic mass is 10.0. The van der Waals surface area contributed by atoms with Gasteiger partial charge in [0.1, 0.15) is 11.5 Å². The quantitative estimate of drug-likeness (QED) is 0.130. The third kappa shape index (κ3) is 7.18. The van der Waals surface area contributed by atoms with E-state index < -0.39 is 17.9 Å². The topological polar surface area (TPSA) is 136 Å². The van der Waals surface area contributed by atoms with Crippen molar-refractivity contribution in [1.29, 1.82) is 0 Å². The number of nitrogens with one attached hydrogen (secondary N) is 2. The van der Waals surface area contributed by atoms with E-state index in [0.29, 0.717) is 46.4 Å². The number of anilines is 1. The summed E-state index contributed by atoms with van der Waals surface area (Å²) in [5, 5.41) is 5.85. The van der Waals surface area contributed by atoms with Gasteiger partial charge in [-0.2, -0.15) is 0 Å². The number of urea groups is 1. The van der Waals surface area contributed by atoms with Crippen LogP contribution in [0.5, 0.6) is 11.5 Å². The number of nitrogens with zero attached hydrogens (tertiary/aromatic N) is 1. The van der Waals surface area contributed by atoms with Crippen LogP contribution < -0.4 is 20.1 Å². The van der Waals surface area contributed by atoms with Gasteiger partial charge >= 0.3 is 12.0 Å². The lowest BCUT2D eigenvalue weighted by molar-refractivity contribution is -0.123. The zero-order valence-electron chi connectivity index (χ0n) is 22.9. The molecule has 218 valence electrons. The molecule has 2 N–H and O–H groups in total. The molecular formula is C30H28ClN3O8. The van der Waals surface area contributed by atoms with Crippen molar-refractivity contribution in [2.75, 3.05) is 25.6 Å². The number of amides is 4. The van der Waals surface area contributed by atoms with Crippen LogP contribution in [0.1, 0.15) is 34.4 Å². The molecular weight excluding hydrogens is 566 g/mol. The summed E-state index contributed by atoms with van der Waals surface area (Å²) in [7, 11) is 1.22. The number of hydrogen-bond donors (Lipinski definition) is 2. The fourth-order valence-electron chi connectivity index (χ4n) is 4.08. The van der Waals surface area contributed by atoms with Crippen molar-refractivity contribution in [2.45, 2.75) is 19.9 Å². The van der Waals surface area contributed by atoms with Gasteiger partial charge in [0, 0.05) is 16.3 Å². The van der Waals surface area contributed by atoms with Gasteiger partial charge in [0.05, 0.1) is 20.3 Å². The lowest BCUT2D eigenvalue weighted by Gasteiger charge is -2.17. The molecule has 0 unspecified atom stereocenters. The predicted molar refractivity (Wildman–Crippen MR) is 154 cm³/mol. The minimum atomic E-state index is -0.672. The Bertz CT molecular complexity index is 1540. The largest absolute Gasteiger partial charge is 0.490 e. The number of allylic oxidation sites excluding steroid dienone is 1. The van der Waals surface area contributed by atoms with E-state index in [-0.39, 0.29) is 36.3 Å². The minimum absolute atomic E-state index is 0.0303. The van der Waals surface area contributed by atoms with Gasteiger partial charge in [0.2, 0.25) is 5.76 Å². The van der Waals surface area contributed by atoms with Gasteiger partial charge in [-0.25, -0.2) is 9.59 Å². The number of furan rings is 1. The Balaban J connectivity index is 1.53. The van der Waals surface area contributed by atoms with E-state index in [1.54, 1.807) is 49.4 Å². The van der Waals surface area contributed by atoms with Crippen LogP contribution in [0.25, 0.3) is 6.08 Å². The first-order valence-electron chi connectivity index (χ1n) is 12.8. The Labute approximate surface area is 246 Å². The number of carbonyl (C=O) groups excluding carboxylic acids is 4. The van der Waals surface area contributed by atoms with Crippen molar-refractivity contribution in [3.63, 3.8) is 0 Å². The summed E-state index contributed by atoms with van der Waals surface area (Å²) in [6.07, 6.45) is 3.55. The van der Waals surface area contributed by atoms with E-state index in [0.717, 1.165) is 4.90 Å². The van der Waals surface area contributed by atoms with Gasteiger partial charge in [-0.05, 0) is 73.5 Å². The molecule has 0 bridgehead atoms. The molecule has 1 aromatic heterocycles. The summed E-state index contributed by atoms with van der Waals surface area (Å²) in [5.41, 5.74) is 1.80. The molecule has 42 heavy (non-hydrogen) atoms. The second kappa shape index (κ2) is 13.6. The number of benzene rings is 2. The number of ether oxygens (including phenoxy) is 3. The van der Waals surface area contributed by atoms with Crippen molar-refractivity contribution in [3.8, 4) is 11.5 Å². The molecule has 0 radical (unpaired) electrons. The van der Waals surface area contributed by atoms with Crippen LogP contribution in [0.4, 0.5) is 10.5 Å². The number of esters is 1. The van der Waals surface area contributed by atoms with Crippen LogP contribution in [0.3, 0.4) is 0 Å². The van der Waals surface area contributed by atoms with Crippen molar-refractivity contribution < 1.29 is 37.8 Å². The average Bonchev–Trinajstić information content (AvgIpc) is 3.54. The monoisotopic (exact) mass is 593 g/mol. The second-order valence-corrected chi connectivity index (χ2v) is 9.35. The smallest absolute Gasteiger partial charge is 0.373 e. The molecule has 1 aliphatic heterocycles. The first-order valence-corrected chi connectivity index (χ1v) is 13.2. The van der Waals surface area contributed by atoms with Crippen LogP contribution in [-0.4, -0.2) is 49.0 Å². The molecule has 2 aromatic carbocycles. The lowest BCUT2D eigenvalue weighted by Crippen LogP contribution is -2.30. The first kappa shape index (κ1) is 29.9. The maximum Gasteiger partial charge on any atom is 0.373 e. The fourth-order valence-corrected chi connectivity index (χ4v) is 4.21. The molecule has 2 heterocycles. The SMILES string of the molecule is C=CCc1cc(/C=C2\NC(=O)N(Cc3ccc(C(=O)OC)o3)C2=O)cc(OCC)c1OCC(=O)Nc1ccc(Cl)cc1. The molecule has 4 amide bonds. The number of rotatable bonds is 12. The molecule has 1 fully saturated rings. The highest BCUT2D eigenvalue weighted by molar-refractivity contribution is 6.30. The van der Waals surface area contributed by atoms with Crippen LogP contribution in [0, 0.1) is 0 Å². The van der Waals surface area contributed by atoms with Crippen molar-refractivity contribution in [3.05, 3.63) is 94.6 Å². The molecule has 1 aliphatic rings. The highest BCUT2D eigenvalue weighted by atomic mass is 35.5. The van der Waals surface area contributed by atoms with E-state index in [2.05, 4.69) is 21.9 Å². The zero-order chi connectivity index (χ0) is 30.2. The van der Waals surface area contributed by atoms with E-state index in [1.165, 1.54) is 25.3 Å². The van der Waals surface area contributed by atoms with Crippen molar-refractivity contribution in [2.24, 2.45) is 0 Å². The van der Waals surface area contributed by atoms with Gasteiger partial charge in [0.25, 0.3) is 11.8 Å². The molecule has 1 saturated heterocycles.